The van der Waals surface area contributed by atoms with Gasteiger partial charge in [0.05, 0.1) is 11.5 Å². The number of amides is 1. The van der Waals surface area contributed by atoms with Crippen molar-refractivity contribution in [2.45, 2.75) is 58.5 Å². The summed E-state index contributed by atoms with van der Waals surface area (Å²) in [6, 6.07) is 3.49. The van der Waals surface area contributed by atoms with Crippen LogP contribution in [0, 0.1) is 5.92 Å². The number of alkyl halides is 3. The van der Waals surface area contributed by atoms with Crippen molar-refractivity contribution in [1.82, 2.24) is 4.90 Å². The number of phenolic OH excluding ortho intramolecular Hbond substituents is 1. The third kappa shape index (κ3) is 4.28. The largest absolute Gasteiger partial charge is 0.507 e. The predicted molar refractivity (Wildman–Crippen MR) is 91.0 cm³/mol. The molecule has 0 bridgehead atoms. The average molecular weight is 357 g/mol. The Morgan fingerprint density at radius 3 is 2.36 bits per heavy atom. The second-order valence-corrected chi connectivity index (χ2v) is 7.45. The summed E-state index contributed by atoms with van der Waals surface area (Å²) >= 11 is 0. The first-order valence-electron chi connectivity index (χ1n) is 8.75. The molecule has 1 aliphatic heterocycles. The molecule has 1 aromatic carbocycles. The molecule has 1 N–H and O–H groups in total. The highest BCUT2D eigenvalue weighted by Crippen LogP contribution is 2.36. The van der Waals surface area contributed by atoms with Crippen LogP contribution in [0.25, 0.3) is 0 Å². The van der Waals surface area contributed by atoms with E-state index in [1.165, 1.54) is 4.90 Å². The van der Waals surface area contributed by atoms with Crippen molar-refractivity contribution in [3.63, 3.8) is 0 Å². The number of carbonyl (C=O) groups excluding carboxylic acids is 1. The number of hydrogen-bond donors (Lipinski definition) is 1. The van der Waals surface area contributed by atoms with Crippen LogP contribution in [0.3, 0.4) is 0 Å². The summed E-state index contributed by atoms with van der Waals surface area (Å²) in [4.78, 5) is 14.1. The van der Waals surface area contributed by atoms with Gasteiger partial charge in [0.1, 0.15) is 5.75 Å². The molecule has 2 rings (SSSR count). The number of phenols is 1. The van der Waals surface area contributed by atoms with E-state index in [1.54, 1.807) is 6.07 Å². The molecule has 6 heteroatoms. The molecule has 0 spiro atoms. The van der Waals surface area contributed by atoms with Gasteiger partial charge < -0.3 is 10.0 Å². The van der Waals surface area contributed by atoms with Crippen LogP contribution in [0.5, 0.6) is 5.75 Å². The van der Waals surface area contributed by atoms with Crippen LogP contribution in [-0.4, -0.2) is 35.2 Å². The molecule has 1 fully saturated rings. The molecule has 1 heterocycles. The second-order valence-electron chi connectivity index (χ2n) is 7.45. The SMILES string of the molecule is CC(C)c1cc(C(=O)N2CCC[C@H](C(F)(F)F)C2)c(O)c(C(C)C)c1. The lowest BCUT2D eigenvalue weighted by atomic mass is 9.90. The van der Waals surface area contributed by atoms with E-state index in [-0.39, 0.29) is 42.7 Å². The molecule has 1 saturated heterocycles. The fourth-order valence-corrected chi connectivity index (χ4v) is 3.22. The first-order chi connectivity index (χ1) is 11.5. The maximum atomic E-state index is 13.0. The normalized spacial score (nSPS) is 18.9. The summed E-state index contributed by atoms with van der Waals surface area (Å²) in [6.45, 7) is 7.72. The fraction of sp³-hybridized carbons (Fsp3) is 0.632. The van der Waals surface area contributed by atoms with Gasteiger partial charge in [0.15, 0.2) is 0 Å². The first-order valence-corrected chi connectivity index (χ1v) is 8.75. The zero-order valence-electron chi connectivity index (χ0n) is 15.2. The lowest BCUT2D eigenvalue weighted by molar-refractivity contribution is -0.184. The van der Waals surface area contributed by atoms with Crippen LogP contribution in [0.1, 0.15) is 73.9 Å². The third-order valence-corrected chi connectivity index (χ3v) is 4.85. The molecule has 140 valence electrons. The number of carbonyl (C=O) groups is 1. The Bertz CT molecular complexity index is 638. The summed E-state index contributed by atoms with van der Waals surface area (Å²) in [5.41, 5.74) is 1.66. The minimum absolute atomic E-state index is 0.00882. The van der Waals surface area contributed by atoms with Crippen LogP contribution in [0.4, 0.5) is 13.2 Å². The quantitative estimate of drug-likeness (QED) is 0.822. The molecule has 1 aromatic rings. The van der Waals surface area contributed by atoms with Gasteiger partial charge in [-0.05, 0) is 41.9 Å². The zero-order chi connectivity index (χ0) is 18.9. The maximum absolute atomic E-state index is 13.0. The standard InChI is InChI=1S/C19H26F3NO2/c1-11(2)13-8-15(12(3)4)17(24)16(9-13)18(25)23-7-5-6-14(10-23)19(20,21)22/h8-9,11-12,14,24H,5-7,10H2,1-4H3/t14-/m0/s1. The lowest BCUT2D eigenvalue weighted by Crippen LogP contribution is -2.44. The predicted octanol–water partition coefficient (Wildman–Crippen LogP) is 5.05. The number of rotatable bonds is 3. The highest BCUT2D eigenvalue weighted by molar-refractivity contribution is 5.97. The van der Waals surface area contributed by atoms with Gasteiger partial charge in [-0.15, -0.1) is 0 Å². The fourth-order valence-electron chi connectivity index (χ4n) is 3.22. The van der Waals surface area contributed by atoms with E-state index in [4.69, 9.17) is 0 Å². The van der Waals surface area contributed by atoms with Crippen molar-refractivity contribution in [2.75, 3.05) is 13.1 Å². The Balaban J connectivity index is 2.38. The van der Waals surface area contributed by atoms with Crippen LogP contribution in [-0.2, 0) is 0 Å². The molecular weight excluding hydrogens is 331 g/mol. The molecule has 0 saturated carbocycles. The number of nitrogens with zero attached hydrogens (tertiary/aromatic N) is 1. The Labute approximate surface area is 146 Å². The maximum Gasteiger partial charge on any atom is 0.393 e. The van der Waals surface area contributed by atoms with Crippen molar-refractivity contribution < 1.29 is 23.1 Å². The van der Waals surface area contributed by atoms with Crippen molar-refractivity contribution in [1.29, 1.82) is 0 Å². The van der Waals surface area contributed by atoms with E-state index in [9.17, 15) is 23.1 Å². The number of likely N-dealkylation sites (tertiary alicyclic amines) is 1. The molecule has 1 atom stereocenters. The first kappa shape index (κ1) is 19.6. The number of benzene rings is 1. The van der Waals surface area contributed by atoms with Gasteiger partial charge in [0, 0.05) is 13.1 Å². The minimum atomic E-state index is -4.30. The Hall–Kier alpha value is -1.72. The Morgan fingerprint density at radius 2 is 1.84 bits per heavy atom. The van der Waals surface area contributed by atoms with Gasteiger partial charge >= 0.3 is 6.18 Å². The van der Waals surface area contributed by atoms with Crippen molar-refractivity contribution >= 4 is 5.91 Å². The monoisotopic (exact) mass is 357 g/mol. The molecule has 0 radical (unpaired) electrons. The summed E-state index contributed by atoms with van der Waals surface area (Å²) < 4.78 is 39.0. The van der Waals surface area contributed by atoms with E-state index in [1.807, 2.05) is 33.8 Å². The molecule has 1 amide bonds. The van der Waals surface area contributed by atoms with Gasteiger partial charge in [-0.2, -0.15) is 13.2 Å². The number of halogens is 3. The Kier molecular flexibility index (Phi) is 5.69. The van der Waals surface area contributed by atoms with Gasteiger partial charge in [-0.1, -0.05) is 33.8 Å². The van der Waals surface area contributed by atoms with Crippen molar-refractivity contribution in [3.8, 4) is 5.75 Å². The highest BCUT2D eigenvalue weighted by atomic mass is 19.4. The van der Waals surface area contributed by atoms with E-state index in [0.29, 0.717) is 12.0 Å². The number of piperidine rings is 1. The zero-order valence-corrected chi connectivity index (χ0v) is 15.2. The van der Waals surface area contributed by atoms with Gasteiger partial charge in [-0.25, -0.2) is 0 Å². The van der Waals surface area contributed by atoms with Crippen molar-refractivity contribution in [3.05, 3.63) is 28.8 Å². The van der Waals surface area contributed by atoms with Gasteiger partial charge in [-0.3, -0.25) is 4.79 Å². The molecule has 0 aliphatic carbocycles. The number of aromatic hydroxyl groups is 1. The molecule has 0 aromatic heterocycles. The molecular formula is C19H26F3NO2. The topological polar surface area (TPSA) is 40.5 Å². The van der Waals surface area contributed by atoms with E-state index in [0.717, 1.165) is 5.56 Å². The summed E-state index contributed by atoms with van der Waals surface area (Å²) in [5.74, 6) is -1.97. The van der Waals surface area contributed by atoms with E-state index < -0.39 is 18.0 Å². The lowest BCUT2D eigenvalue weighted by Gasteiger charge is -2.34. The number of hydrogen-bond acceptors (Lipinski definition) is 2. The van der Waals surface area contributed by atoms with Crippen LogP contribution >= 0.6 is 0 Å². The van der Waals surface area contributed by atoms with E-state index >= 15 is 0 Å². The summed E-state index contributed by atoms with van der Waals surface area (Å²) in [7, 11) is 0. The van der Waals surface area contributed by atoms with E-state index in [2.05, 4.69) is 0 Å². The van der Waals surface area contributed by atoms with Gasteiger partial charge in [0.2, 0.25) is 0 Å². The molecule has 3 nitrogen and oxygen atoms in total. The third-order valence-electron chi connectivity index (χ3n) is 4.85. The second kappa shape index (κ2) is 7.26. The van der Waals surface area contributed by atoms with Crippen molar-refractivity contribution in [2.24, 2.45) is 5.92 Å². The van der Waals surface area contributed by atoms with Gasteiger partial charge in [0.25, 0.3) is 5.91 Å². The summed E-state index contributed by atoms with van der Waals surface area (Å²) in [6.07, 6.45) is -3.94. The molecule has 25 heavy (non-hydrogen) atoms. The smallest absolute Gasteiger partial charge is 0.393 e. The molecule has 1 aliphatic rings. The van der Waals surface area contributed by atoms with Crippen LogP contribution in [0.2, 0.25) is 0 Å². The van der Waals surface area contributed by atoms with Crippen LogP contribution in [0.15, 0.2) is 12.1 Å². The van der Waals surface area contributed by atoms with Crippen LogP contribution < -0.4 is 0 Å². The summed E-state index contributed by atoms with van der Waals surface area (Å²) in [5, 5.41) is 10.5. The Morgan fingerprint density at radius 1 is 1.20 bits per heavy atom. The molecule has 0 unspecified atom stereocenters. The minimum Gasteiger partial charge on any atom is -0.507 e. The average Bonchev–Trinajstić information content (AvgIpc) is 2.53. The highest BCUT2D eigenvalue weighted by Gasteiger charge is 2.43.